The van der Waals surface area contributed by atoms with Crippen molar-refractivity contribution in [2.75, 3.05) is 0 Å². The molecule has 0 bridgehead atoms. The summed E-state index contributed by atoms with van der Waals surface area (Å²) in [5, 5.41) is 0. The number of hydrogen-bond donors (Lipinski definition) is 0. The van der Waals surface area contributed by atoms with Crippen molar-refractivity contribution in [1.82, 2.24) is 4.98 Å². The Hall–Kier alpha value is -1.25. The molecule has 17 heavy (non-hydrogen) atoms. The van der Waals surface area contributed by atoms with Crippen molar-refractivity contribution in [2.45, 2.75) is 33.1 Å². The molecule has 1 heterocycles. The molecule has 92 valence electrons. The maximum Gasteiger partial charge on any atom is 0.184 e. The Balaban J connectivity index is 2.11. The number of hydrogen-bond acceptors (Lipinski definition) is 2. The van der Waals surface area contributed by atoms with Gasteiger partial charge < -0.3 is 0 Å². The molecule has 2 atom stereocenters. The normalized spacial score (nSPS) is 29.0. The smallest absolute Gasteiger partial charge is 0.184 e. The monoisotopic (exact) mass is 235 g/mol. The predicted octanol–water partition coefficient (Wildman–Crippen LogP) is 3.48. The maximum absolute atomic E-state index is 12.7. The van der Waals surface area contributed by atoms with Gasteiger partial charge in [-0.25, -0.2) is 4.39 Å². The van der Waals surface area contributed by atoms with Gasteiger partial charge in [-0.05, 0) is 43.2 Å². The van der Waals surface area contributed by atoms with Crippen LogP contribution < -0.4 is 0 Å². The highest BCUT2D eigenvalue weighted by Crippen LogP contribution is 2.34. The van der Waals surface area contributed by atoms with Crippen molar-refractivity contribution in [2.24, 2.45) is 17.8 Å². The molecule has 1 saturated carbocycles. The van der Waals surface area contributed by atoms with Crippen molar-refractivity contribution in [3.8, 4) is 0 Å². The summed E-state index contributed by atoms with van der Waals surface area (Å²) in [5.74, 6) is 0.920. The third kappa shape index (κ3) is 2.90. The number of halogens is 1. The Morgan fingerprint density at radius 3 is 2.41 bits per heavy atom. The zero-order valence-electron chi connectivity index (χ0n) is 10.3. The van der Waals surface area contributed by atoms with Crippen LogP contribution in [0.4, 0.5) is 4.39 Å². The van der Waals surface area contributed by atoms with Gasteiger partial charge in [-0.15, -0.1) is 0 Å². The predicted molar refractivity (Wildman–Crippen MR) is 64.2 cm³/mol. The van der Waals surface area contributed by atoms with Gasteiger partial charge in [-0.1, -0.05) is 13.8 Å². The number of pyridine rings is 1. The molecule has 0 spiro atoms. The quantitative estimate of drug-likeness (QED) is 0.735. The third-order valence-corrected chi connectivity index (χ3v) is 3.53. The lowest BCUT2D eigenvalue weighted by Gasteiger charge is -2.30. The van der Waals surface area contributed by atoms with E-state index in [1.54, 1.807) is 0 Å². The Morgan fingerprint density at radius 1 is 1.24 bits per heavy atom. The lowest BCUT2D eigenvalue weighted by atomic mass is 9.74. The van der Waals surface area contributed by atoms with Crippen LogP contribution in [0.15, 0.2) is 18.3 Å². The summed E-state index contributed by atoms with van der Waals surface area (Å²) in [4.78, 5) is 16.1. The first kappa shape index (κ1) is 12.2. The van der Waals surface area contributed by atoms with Crippen LogP contribution in [0.25, 0.3) is 0 Å². The van der Waals surface area contributed by atoms with Crippen LogP contribution in [0.1, 0.15) is 43.6 Å². The number of rotatable bonds is 2. The van der Waals surface area contributed by atoms with Crippen molar-refractivity contribution >= 4 is 5.78 Å². The molecule has 1 fully saturated rings. The maximum atomic E-state index is 12.7. The molecule has 0 aromatic carbocycles. The third-order valence-electron chi connectivity index (χ3n) is 3.53. The highest BCUT2D eigenvalue weighted by atomic mass is 19.1. The van der Waals surface area contributed by atoms with Crippen molar-refractivity contribution in [1.29, 1.82) is 0 Å². The van der Waals surface area contributed by atoms with Crippen LogP contribution in [0.5, 0.6) is 0 Å². The molecule has 1 aliphatic rings. The van der Waals surface area contributed by atoms with Gasteiger partial charge in [-0.2, -0.15) is 0 Å². The molecule has 0 radical (unpaired) electrons. The molecule has 2 rings (SSSR count). The zero-order chi connectivity index (χ0) is 12.4. The molecule has 0 amide bonds. The van der Waals surface area contributed by atoms with Gasteiger partial charge in [0.15, 0.2) is 5.78 Å². The van der Waals surface area contributed by atoms with Gasteiger partial charge in [0.25, 0.3) is 0 Å². The van der Waals surface area contributed by atoms with E-state index >= 15 is 0 Å². The minimum absolute atomic E-state index is 0.0618. The lowest BCUT2D eigenvalue weighted by Crippen LogP contribution is -2.26. The Bertz CT molecular complexity index is 391. The van der Waals surface area contributed by atoms with E-state index in [9.17, 15) is 9.18 Å². The molecular weight excluding hydrogens is 217 g/mol. The number of carbonyl (C=O) groups excluding carboxylic acids is 1. The van der Waals surface area contributed by atoms with Gasteiger partial charge in [-0.3, -0.25) is 9.78 Å². The van der Waals surface area contributed by atoms with Gasteiger partial charge in [0.05, 0.1) is 6.20 Å². The molecular formula is C14H18FNO. The van der Waals surface area contributed by atoms with Crippen molar-refractivity contribution in [3.63, 3.8) is 0 Å². The minimum atomic E-state index is -0.396. The fourth-order valence-electron chi connectivity index (χ4n) is 2.89. The zero-order valence-corrected chi connectivity index (χ0v) is 10.3. The number of carbonyl (C=O) groups is 1. The van der Waals surface area contributed by atoms with E-state index in [0.29, 0.717) is 17.5 Å². The number of Topliss-reactive ketones (excluding diaryl/α,β-unsaturated/α-hetero) is 1. The number of ketones is 1. The van der Waals surface area contributed by atoms with Gasteiger partial charge in [0.1, 0.15) is 11.5 Å². The Morgan fingerprint density at radius 2 is 1.88 bits per heavy atom. The minimum Gasteiger partial charge on any atom is -0.292 e. The van der Waals surface area contributed by atoms with Crippen LogP contribution in [-0.2, 0) is 0 Å². The lowest BCUT2D eigenvalue weighted by molar-refractivity contribution is 0.0830. The first-order valence-corrected chi connectivity index (χ1v) is 6.22. The topological polar surface area (TPSA) is 30.0 Å². The molecule has 0 aliphatic heterocycles. The van der Waals surface area contributed by atoms with Crippen molar-refractivity contribution in [3.05, 3.63) is 29.8 Å². The Labute approximate surface area is 101 Å². The van der Waals surface area contributed by atoms with Crippen LogP contribution >= 0.6 is 0 Å². The van der Waals surface area contributed by atoms with E-state index in [2.05, 4.69) is 18.8 Å². The fourth-order valence-corrected chi connectivity index (χ4v) is 2.89. The summed E-state index contributed by atoms with van der Waals surface area (Å²) in [6.07, 6.45) is 4.17. The summed E-state index contributed by atoms with van der Waals surface area (Å²) in [6, 6.07) is 2.79. The summed E-state index contributed by atoms with van der Waals surface area (Å²) in [7, 11) is 0. The van der Waals surface area contributed by atoms with Gasteiger partial charge in [0.2, 0.25) is 0 Å². The second kappa shape index (κ2) is 4.94. The summed E-state index contributed by atoms with van der Waals surface area (Å²) in [6.45, 7) is 4.38. The fraction of sp³-hybridized carbons (Fsp3) is 0.571. The first-order chi connectivity index (χ1) is 8.06. The SMILES string of the molecule is CC1CC(C)CC(C(=O)c2ccc(F)cn2)C1. The summed E-state index contributed by atoms with van der Waals surface area (Å²) in [5.41, 5.74) is 0.401. The second-order valence-corrected chi connectivity index (χ2v) is 5.34. The molecule has 2 unspecified atom stereocenters. The van der Waals surface area contributed by atoms with E-state index in [1.807, 2.05) is 0 Å². The Kier molecular flexibility index (Phi) is 3.55. The molecule has 1 aromatic heterocycles. The summed E-state index contributed by atoms with van der Waals surface area (Å²) >= 11 is 0. The highest BCUT2D eigenvalue weighted by Gasteiger charge is 2.29. The van der Waals surface area contributed by atoms with E-state index in [4.69, 9.17) is 0 Å². The van der Waals surface area contributed by atoms with E-state index in [0.717, 1.165) is 19.0 Å². The van der Waals surface area contributed by atoms with Crippen molar-refractivity contribution < 1.29 is 9.18 Å². The molecule has 3 heteroatoms. The van der Waals surface area contributed by atoms with Gasteiger partial charge >= 0.3 is 0 Å². The largest absolute Gasteiger partial charge is 0.292 e. The second-order valence-electron chi connectivity index (χ2n) is 5.34. The van der Waals surface area contributed by atoms with E-state index in [1.165, 1.54) is 18.6 Å². The van der Waals surface area contributed by atoms with E-state index in [-0.39, 0.29) is 11.7 Å². The van der Waals surface area contributed by atoms with Crippen LogP contribution in [0.2, 0.25) is 0 Å². The standard InChI is InChI=1S/C14H18FNO/c1-9-5-10(2)7-11(6-9)14(17)13-4-3-12(15)8-16-13/h3-4,8-11H,5-7H2,1-2H3. The van der Waals surface area contributed by atoms with Crippen LogP contribution in [-0.4, -0.2) is 10.8 Å². The molecule has 2 nitrogen and oxygen atoms in total. The molecule has 1 aromatic rings. The van der Waals surface area contributed by atoms with E-state index < -0.39 is 5.82 Å². The number of nitrogens with zero attached hydrogens (tertiary/aromatic N) is 1. The van der Waals surface area contributed by atoms with Crippen LogP contribution in [0.3, 0.4) is 0 Å². The highest BCUT2D eigenvalue weighted by molar-refractivity contribution is 5.96. The average Bonchev–Trinajstić information content (AvgIpc) is 2.28. The molecule has 0 saturated heterocycles. The first-order valence-electron chi connectivity index (χ1n) is 6.22. The average molecular weight is 235 g/mol. The summed E-state index contributed by atoms with van der Waals surface area (Å²) < 4.78 is 12.7. The number of aromatic nitrogens is 1. The van der Waals surface area contributed by atoms with Gasteiger partial charge in [0, 0.05) is 5.92 Å². The molecule has 1 aliphatic carbocycles. The molecule has 0 N–H and O–H groups in total. The van der Waals surface area contributed by atoms with Crippen LogP contribution in [0, 0.1) is 23.6 Å².